The molecule has 8 nitrogen and oxygen atoms in total. The Bertz CT molecular complexity index is 2270. The Balaban J connectivity index is 1.04. The molecule has 1 unspecified atom stereocenters. The molecule has 3 N–H and O–H groups in total. The van der Waals surface area contributed by atoms with Crippen LogP contribution in [0.3, 0.4) is 0 Å². The van der Waals surface area contributed by atoms with E-state index in [2.05, 4.69) is 20.9 Å². The van der Waals surface area contributed by atoms with Crippen LogP contribution >= 0.6 is 23.1 Å². The standard InChI is InChI=1S/C41H30N4O4S2/c46-38(28-12-5-2-6-13-28)44-35(26-33-14-9-25-50-33)39(47)42-31-21-23-32(24-22-31)51-37(27-10-3-1-4-11-27)40(48)43-30-19-17-29(18-20-30)41-45-34-15-7-8-16-36(34)49-41/h1-26,37H,(H,42,47)(H,43,48)(H,44,46)/b35-26-. The minimum absolute atomic E-state index is 0.118. The Morgan fingerprint density at radius 2 is 1.37 bits per heavy atom. The highest BCUT2D eigenvalue weighted by molar-refractivity contribution is 8.00. The third-order valence-corrected chi connectivity index (χ3v) is 9.84. The van der Waals surface area contributed by atoms with Gasteiger partial charge in [-0.2, -0.15) is 0 Å². The number of carbonyl (C=O) groups excluding carboxylic acids is 3. The van der Waals surface area contributed by atoms with E-state index < -0.39 is 11.2 Å². The largest absolute Gasteiger partial charge is 0.436 e. The van der Waals surface area contributed by atoms with E-state index in [9.17, 15) is 14.4 Å². The van der Waals surface area contributed by atoms with E-state index in [1.54, 1.807) is 42.5 Å². The van der Waals surface area contributed by atoms with Gasteiger partial charge in [0.25, 0.3) is 11.8 Å². The lowest BCUT2D eigenvalue weighted by Gasteiger charge is -2.18. The summed E-state index contributed by atoms with van der Waals surface area (Å²) in [6.07, 6.45) is 1.65. The summed E-state index contributed by atoms with van der Waals surface area (Å²) in [6, 6.07) is 44.3. The number of hydrogen-bond donors (Lipinski definition) is 3. The highest BCUT2D eigenvalue weighted by atomic mass is 32.2. The van der Waals surface area contributed by atoms with Crippen molar-refractivity contribution in [3.05, 3.63) is 173 Å². The second-order valence-electron chi connectivity index (χ2n) is 11.3. The summed E-state index contributed by atoms with van der Waals surface area (Å²) < 4.78 is 5.89. The second-order valence-corrected chi connectivity index (χ2v) is 13.5. The van der Waals surface area contributed by atoms with Gasteiger partial charge in [-0.15, -0.1) is 23.1 Å². The maximum absolute atomic E-state index is 13.7. The average molecular weight is 707 g/mol. The van der Waals surface area contributed by atoms with E-state index in [-0.39, 0.29) is 17.5 Å². The molecule has 250 valence electrons. The molecule has 5 aromatic carbocycles. The summed E-state index contributed by atoms with van der Waals surface area (Å²) in [5.41, 5.74) is 4.89. The Morgan fingerprint density at radius 1 is 0.706 bits per heavy atom. The highest BCUT2D eigenvalue weighted by Gasteiger charge is 2.23. The van der Waals surface area contributed by atoms with Crippen LogP contribution in [0.15, 0.2) is 166 Å². The van der Waals surface area contributed by atoms with Crippen molar-refractivity contribution in [2.75, 3.05) is 10.6 Å². The van der Waals surface area contributed by atoms with E-state index in [4.69, 9.17) is 4.42 Å². The molecule has 0 fully saturated rings. The van der Waals surface area contributed by atoms with Gasteiger partial charge in [0.2, 0.25) is 11.8 Å². The summed E-state index contributed by atoms with van der Waals surface area (Å²) in [7, 11) is 0. The molecule has 0 aliphatic rings. The van der Waals surface area contributed by atoms with Crippen LogP contribution < -0.4 is 16.0 Å². The topological polar surface area (TPSA) is 113 Å². The molecule has 0 aliphatic carbocycles. The monoisotopic (exact) mass is 706 g/mol. The number of aromatic nitrogens is 1. The smallest absolute Gasteiger partial charge is 0.272 e. The van der Waals surface area contributed by atoms with Gasteiger partial charge in [0.15, 0.2) is 5.58 Å². The molecule has 0 bridgehead atoms. The summed E-state index contributed by atoms with van der Waals surface area (Å²) in [4.78, 5) is 46.3. The SMILES string of the molecule is O=C(Nc1ccc(SC(C(=O)Nc2ccc(-c3nc4ccccc4o3)cc2)c2ccccc2)cc1)/C(=C/c1cccs1)NC(=O)c1ccccc1. The summed E-state index contributed by atoms with van der Waals surface area (Å²) in [6.45, 7) is 0. The van der Waals surface area contributed by atoms with Crippen LogP contribution in [-0.4, -0.2) is 22.7 Å². The van der Waals surface area contributed by atoms with Crippen molar-refractivity contribution in [2.45, 2.75) is 10.1 Å². The minimum Gasteiger partial charge on any atom is -0.436 e. The lowest BCUT2D eigenvalue weighted by molar-refractivity contribution is -0.116. The fourth-order valence-corrected chi connectivity index (χ4v) is 6.89. The molecule has 2 heterocycles. The third-order valence-electron chi connectivity index (χ3n) is 7.76. The van der Waals surface area contributed by atoms with Gasteiger partial charge in [-0.3, -0.25) is 14.4 Å². The number of rotatable bonds is 11. The zero-order chi connectivity index (χ0) is 35.0. The van der Waals surface area contributed by atoms with Gasteiger partial charge in [-0.05, 0) is 95.9 Å². The molecule has 0 saturated heterocycles. The number of anilines is 2. The third kappa shape index (κ3) is 8.33. The van der Waals surface area contributed by atoms with Crippen LogP contribution in [-0.2, 0) is 9.59 Å². The van der Waals surface area contributed by atoms with E-state index in [1.807, 2.05) is 115 Å². The molecule has 51 heavy (non-hydrogen) atoms. The van der Waals surface area contributed by atoms with Crippen LogP contribution in [0.1, 0.15) is 26.0 Å². The van der Waals surface area contributed by atoms with Crippen molar-refractivity contribution in [1.29, 1.82) is 0 Å². The van der Waals surface area contributed by atoms with Gasteiger partial charge in [-0.25, -0.2) is 4.98 Å². The molecule has 0 spiro atoms. The molecule has 7 aromatic rings. The van der Waals surface area contributed by atoms with Crippen LogP contribution in [0.4, 0.5) is 11.4 Å². The zero-order valence-electron chi connectivity index (χ0n) is 27.0. The summed E-state index contributed by atoms with van der Waals surface area (Å²) in [5, 5.41) is 10.0. The zero-order valence-corrected chi connectivity index (χ0v) is 28.6. The van der Waals surface area contributed by atoms with E-state index in [0.29, 0.717) is 28.4 Å². The van der Waals surface area contributed by atoms with Gasteiger partial charge in [-0.1, -0.05) is 66.7 Å². The van der Waals surface area contributed by atoms with Crippen molar-refractivity contribution < 1.29 is 18.8 Å². The number of para-hydroxylation sites is 2. The number of amides is 3. The fraction of sp³-hybridized carbons (Fsp3) is 0.0244. The molecule has 10 heteroatoms. The predicted molar refractivity (Wildman–Crippen MR) is 204 cm³/mol. The maximum Gasteiger partial charge on any atom is 0.272 e. The van der Waals surface area contributed by atoms with Gasteiger partial charge in [0.1, 0.15) is 16.5 Å². The lowest BCUT2D eigenvalue weighted by atomic mass is 10.1. The molecular formula is C41H30N4O4S2. The summed E-state index contributed by atoms with van der Waals surface area (Å²) >= 11 is 2.85. The normalized spacial score (nSPS) is 11.9. The first kappa shape index (κ1) is 33.3. The quantitative estimate of drug-likeness (QED) is 0.0913. The Morgan fingerprint density at radius 3 is 2.08 bits per heavy atom. The van der Waals surface area contributed by atoms with Gasteiger partial charge < -0.3 is 20.4 Å². The Labute approximate surface area is 302 Å². The molecular weight excluding hydrogens is 677 g/mol. The number of nitrogens with one attached hydrogen (secondary N) is 3. The van der Waals surface area contributed by atoms with Crippen LogP contribution in [0.25, 0.3) is 28.6 Å². The summed E-state index contributed by atoms with van der Waals surface area (Å²) in [5.74, 6) is -0.518. The van der Waals surface area contributed by atoms with E-state index in [1.165, 1.54) is 23.1 Å². The number of benzene rings is 5. The molecule has 0 radical (unpaired) electrons. The van der Waals surface area contributed by atoms with E-state index >= 15 is 0 Å². The number of fused-ring (bicyclic) bond motifs is 1. The maximum atomic E-state index is 13.7. The molecule has 2 aromatic heterocycles. The molecule has 3 amide bonds. The average Bonchev–Trinajstić information content (AvgIpc) is 3.85. The van der Waals surface area contributed by atoms with Crippen LogP contribution in [0.2, 0.25) is 0 Å². The Hall–Kier alpha value is -6.23. The van der Waals surface area contributed by atoms with Crippen LogP contribution in [0.5, 0.6) is 0 Å². The van der Waals surface area contributed by atoms with Crippen molar-refractivity contribution in [3.8, 4) is 11.5 Å². The minimum atomic E-state index is -0.558. The van der Waals surface area contributed by atoms with Crippen molar-refractivity contribution >= 4 is 69.4 Å². The van der Waals surface area contributed by atoms with Crippen molar-refractivity contribution in [2.24, 2.45) is 0 Å². The number of thioether (sulfide) groups is 1. The second kappa shape index (κ2) is 15.5. The first-order valence-corrected chi connectivity index (χ1v) is 17.8. The first-order chi connectivity index (χ1) is 25.0. The van der Waals surface area contributed by atoms with Crippen LogP contribution in [0, 0.1) is 0 Å². The molecule has 0 saturated carbocycles. The number of hydrogen-bond acceptors (Lipinski definition) is 7. The molecule has 1 atom stereocenters. The fourth-order valence-electron chi connectivity index (χ4n) is 5.21. The molecule has 7 rings (SSSR count). The molecule has 0 aliphatic heterocycles. The lowest BCUT2D eigenvalue weighted by Crippen LogP contribution is -2.30. The number of oxazole rings is 1. The Kier molecular flexibility index (Phi) is 10.1. The highest BCUT2D eigenvalue weighted by Crippen LogP contribution is 2.37. The van der Waals surface area contributed by atoms with E-state index in [0.717, 1.165) is 26.4 Å². The first-order valence-electron chi connectivity index (χ1n) is 16.0. The van der Waals surface area contributed by atoms with Gasteiger partial charge in [0, 0.05) is 32.3 Å². The predicted octanol–water partition coefficient (Wildman–Crippen LogP) is 9.44. The van der Waals surface area contributed by atoms with Gasteiger partial charge in [0.05, 0.1) is 0 Å². The van der Waals surface area contributed by atoms with Crippen molar-refractivity contribution in [1.82, 2.24) is 10.3 Å². The number of nitrogens with zero attached hydrogens (tertiary/aromatic N) is 1. The number of thiophene rings is 1. The van der Waals surface area contributed by atoms with Gasteiger partial charge >= 0.3 is 0 Å². The number of carbonyl (C=O) groups is 3. The van der Waals surface area contributed by atoms with Crippen molar-refractivity contribution in [3.63, 3.8) is 0 Å².